The number of fused-ring (bicyclic) bond motifs is 2. The fourth-order valence-electron chi connectivity index (χ4n) is 2.34. The molecule has 0 fully saturated rings. The summed E-state index contributed by atoms with van der Waals surface area (Å²) in [6.45, 7) is 0.155. The number of nitrogens with one attached hydrogen (secondary N) is 1. The number of carbonyl (C=O) groups excluding carboxylic acids is 1. The van der Waals surface area contributed by atoms with Crippen LogP contribution in [0.4, 0.5) is 0 Å². The van der Waals surface area contributed by atoms with E-state index in [0.717, 1.165) is 22.2 Å². The molecule has 114 valence electrons. The number of H-pyrrole nitrogens is 1. The Hall–Kier alpha value is -3.29. The lowest BCUT2D eigenvalue weighted by Crippen LogP contribution is -2.06. The quantitative estimate of drug-likeness (QED) is 0.577. The highest BCUT2D eigenvalue weighted by molar-refractivity contribution is 5.92. The predicted molar refractivity (Wildman–Crippen MR) is 81.5 cm³/mol. The van der Waals surface area contributed by atoms with Gasteiger partial charge in [-0.25, -0.2) is 14.8 Å². The third-order valence-corrected chi connectivity index (χ3v) is 3.54. The summed E-state index contributed by atoms with van der Waals surface area (Å²) in [5.41, 5.74) is 4.09. The van der Waals surface area contributed by atoms with Gasteiger partial charge in [-0.2, -0.15) is 15.4 Å². The molecule has 4 aromatic rings. The van der Waals surface area contributed by atoms with Crippen LogP contribution in [0.2, 0.25) is 0 Å². The first-order valence-corrected chi connectivity index (χ1v) is 6.94. The van der Waals surface area contributed by atoms with Crippen LogP contribution in [0.3, 0.4) is 0 Å². The maximum atomic E-state index is 12.2. The molecule has 23 heavy (non-hydrogen) atoms. The molecule has 0 spiro atoms. The molecular formula is C15H12N6O2. The average Bonchev–Trinajstić information content (AvgIpc) is 3.18. The van der Waals surface area contributed by atoms with E-state index in [1.807, 2.05) is 25.2 Å². The van der Waals surface area contributed by atoms with Gasteiger partial charge in [0.1, 0.15) is 23.2 Å². The van der Waals surface area contributed by atoms with Crippen LogP contribution in [0.15, 0.2) is 36.8 Å². The highest BCUT2D eigenvalue weighted by Gasteiger charge is 2.11. The molecule has 8 nitrogen and oxygen atoms in total. The van der Waals surface area contributed by atoms with Crippen molar-refractivity contribution < 1.29 is 9.53 Å². The highest BCUT2D eigenvalue weighted by Crippen LogP contribution is 2.14. The van der Waals surface area contributed by atoms with Crippen molar-refractivity contribution in [2.24, 2.45) is 7.05 Å². The smallest absolute Gasteiger partial charge is 0.340 e. The summed E-state index contributed by atoms with van der Waals surface area (Å²) in [5.74, 6) is -0.440. The average molecular weight is 308 g/mol. The summed E-state index contributed by atoms with van der Waals surface area (Å²) in [7, 11) is 1.85. The number of pyridine rings is 1. The van der Waals surface area contributed by atoms with Gasteiger partial charge in [0.25, 0.3) is 0 Å². The van der Waals surface area contributed by atoms with Gasteiger partial charge in [-0.1, -0.05) is 6.07 Å². The van der Waals surface area contributed by atoms with Crippen LogP contribution in [-0.4, -0.2) is 35.9 Å². The SMILES string of the molecule is Cn1cnc2cc(C(=O)OCc3ccc4n[nH]nc4c3)cnc21. The normalized spacial score (nSPS) is 11.2. The highest BCUT2D eigenvalue weighted by atomic mass is 16.5. The summed E-state index contributed by atoms with van der Waals surface area (Å²) in [6, 6.07) is 7.17. The number of imidazole rings is 1. The molecule has 0 radical (unpaired) electrons. The second-order valence-electron chi connectivity index (χ2n) is 5.15. The van der Waals surface area contributed by atoms with Gasteiger partial charge < -0.3 is 9.30 Å². The predicted octanol–water partition coefficient (Wildman–Crippen LogP) is 1.60. The van der Waals surface area contributed by atoms with E-state index >= 15 is 0 Å². The molecule has 0 atom stereocenters. The molecule has 0 unspecified atom stereocenters. The standard InChI is InChI=1S/C15H12N6O2/c1-21-8-17-13-5-10(6-16-14(13)21)15(22)23-7-9-2-3-11-12(4-9)19-20-18-11/h2-6,8H,7H2,1H3,(H,18,19,20). The first-order chi connectivity index (χ1) is 11.2. The molecule has 0 bridgehead atoms. The summed E-state index contributed by atoms with van der Waals surface area (Å²) in [6.07, 6.45) is 3.15. The van der Waals surface area contributed by atoms with Gasteiger partial charge in [0.05, 0.1) is 11.9 Å². The van der Waals surface area contributed by atoms with Crippen molar-refractivity contribution >= 4 is 28.2 Å². The fraction of sp³-hybridized carbons (Fsp3) is 0.133. The van der Waals surface area contributed by atoms with E-state index in [9.17, 15) is 4.79 Å². The lowest BCUT2D eigenvalue weighted by molar-refractivity contribution is 0.0472. The molecule has 0 saturated carbocycles. The van der Waals surface area contributed by atoms with E-state index in [1.54, 1.807) is 17.0 Å². The Balaban J connectivity index is 1.51. The molecule has 3 aromatic heterocycles. The van der Waals surface area contributed by atoms with Crippen LogP contribution in [0, 0.1) is 0 Å². The summed E-state index contributed by atoms with van der Waals surface area (Å²) < 4.78 is 7.11. The van der Waals surface area contributed by atoms with E-state index in [1.165, 1.54) is 6.20 Å². The largest absolute Gasteiger partial charge is 0.457 e. The zero-order chi connectivity index (χ0) is 15.8. The van der Waals surface area contributed by atoms with E-state index in [0.29, 0.717) is 11.1 Å². The third kappa shape index (κ3) is 2.39. The number of benzene rings is 1. The van der Waals surface area contributed by atoms with Gasteiger partial charge in [-0.05, 0) is 23.8 Å². The van der Waals surface area contributed by atoms with Gasteiger partial charge >= 0.3 is 5.97 Å². The van der Waals surface area contributed by atoms with Gasteiger partial charge in [0.15, 0.2) is 5.65 Å². The number of aromatic amines is 1. The fourth-order valence-corrected chi connectivity index (χ4v) is 2.34. The Kier molecular flexibility index (Phi) is 3.00. The van der Waals surface area contributed by atoms with Gasteiger partial charge in [-0.15, -0.1) is 0 Å². The number of ether oxygens (including phenoxy) is 1. The van der Waals surface area contributed by atoms with E-state index in [2.05, 4.69) is 25.4 Å². The molecule has 3 heterocycles. The number of nitrogens with zero attached hydrogens (tertiary/aromatic N) is 5. The van der Waals surface area contributed by atoms with E-state index < -0.39 is 5.97 Å². The van der Waals surface area contributed by atoms with Gasteiger partial charge in [0, 0.05) is 13.2 Å². The van der Waals surface area contributed by atoms with E-state index in [4.69, 9.17) is 4.74 Å². The Bertz CT molecular complexity index is 1020. The molecule has 0 amide bonds. The number of rotatable bonds is 3. The third-order valence-electron chi connectivity index (χ3n) is 3.54. The van der Waals surface area contributed by atoms with Crippen molar-refractivity contribution in [3.05, 3.63) is 47.9 Å². The number of carbonyl (C=O) groups is 1. The van der Waals surface area contributed by atoms with Crippen LogP contribution in [-0.2, 0) is 18.4 Å². The minimum absolute atomic E-state index is 0.155. The molecule has 1 aromatic carbocycles. The lowest BCUT2D eigenvalue weighted by atomic mass is 10.2. The Morgan fingerprint density at radius 1 is 1.17 bits per heavy atom. The molecule has 0 aliphatic heterocycles. The van der Waals surface area contributed by atoms with Gasteiger partial charge in [0.2, 0.25) is 0 Å². The van der Waals surface area contributed by atoms with Crippen molar-refractivity contribution in [3.63, 3.8) is 0 Å². The monoisotopic (exact) mass is 308 g/mol. The van der Waals surface area contributed by atoms with Gasteiger partial charge in [-0.3, -0.25) is 0 Å². The van der Waals surface area contributed by atoms with Crippen LogP contribution in [0.1, 0.15) is 15.9 Å². The maximum Gasteiger partial charge on any atom is 0.340 e. The van der Waals surface area contributed by atoms with Crippen molar-refractivity contribution in [3.8, 4) is 0 Å². The van der Waals surface area contributed by atoms with Crippen molar-refractivity contribution in [1.29, 1.82) is 0 Å². The van der Waals surface area contributed by atoms with Crippen LogP contribution in [0.25, 0.3) is 22.2 Å². The Labute approximate surface area is 130 Å². The molecule has 0 aliphatic rings. The first-order valence-electron chi connectivity index (χ1n) is 6.94. The molecular weight excluding hydrogens is 296 g/mol. The molecule has 1 N–H and O–H groups in total. The topological polar surface area (TPSA) is 98.6 Å². The van der Waals surface area contributed by atoms with Crippen molar-refractivity contribution in [2.45, 2.75) is 6.61 Å². The summed E-state index contributed by atoms with van der Waals surface area (Å²) in [4.78, 5) is 20.6. The van der Waals surface area contributed by atoms with Crippen LogP contribution < -0.4 is 0 Å². The molecule has 8 heteroatoms. The zero-order valence-electron chi connectivity index (χ0n) is 12.2. The second-order valence-corrected chi connectivity index (χ2v) is 5.15. The number of aromatic nitrogens is 6. The number of aryl methyl sites for hydroxylation is 1. The summed E-state index contributed by atoms with van der Waals surface area (Å²) >= 11 is 0. The minimum Gasteiger partial charge on any atom is -0.457 e. The minimum atomic E-state index is -0.440. The van der Waals surface area contributed by atoms with Crippen molar-refractivity contribution in [1.82, 2.24) is 29.9 Å². The molecule has 0 aliphatic carbocycles. The summed E-state index contributed by atoms with van der Waals surface area (Å²) in [5, 5.41) is 10.5. The second kappa shape index (κ2) is 5.16. The van der Waals surface area contributed by atoms with E-state index in [-0.39, 0.29) is 6.61 Å². The Morgan fingerprint density at radius 3 is 2.96 bits per heavy atom. The molecule has 4 rings (SSSR count). The zero-order valence-corrected chi connectivity index (χ0v) is 12.2. The number of esters is 1. The maximum absolute atomic E-state index is 12.2. The van der Waals surface area contributed by atoms with Crippen LogP contribution in [0.5, 0.6) is 0 Å². The van der Waals surface area contributed by atoms with Crippen molar-refractivity contribution in [2.75, 3.05) is 0 Å². The molecule has 0 saturated heterocycles. The lowest BCUT2D eigenvalue weighted by Gasteiger charge is -2.05. The number of hydrogen-bond donors (Lipinski definition) is 1. The Morgan fingerprint density at radius 2 is 2.04 bits per heavy atom. The first kappa shape index (κ1) is 13.4. The number of hydrogen-bond acceptors (Lipinski definition) is 6. The van der Waals surface area contributed by atoms with Crippen LogP contribution >= 0.6 is 0 Å².